The Kier molecular flexibility index (Phi) is 5.89. The summed E-state index contributed by atoms with van der Waals surface area (Å²) in [6.45, 7) is 5.29. The molecule has 0 radical (unpaired) electrons. The quantitative estimate of drug-likeness (QED) is 0.571. The topological polar surface area (TPSA) is 67.6 Å². The summed E-state index contributed by atoms with van der Waals surface area (Å²) in [6.07, 6.45) is 1.63. The molecule has 5 nitrogen and oxygen atoms in total. The van der Waals surface area contributed by atoms with Crippen LogP contribution < -0.4 is 15.8 Å². The number of carbonyl (C=O) groups excluding carboxylic acids is 1. The van der Waals surface area contributed by atoms with E-state index in [1.807, 2.05) is 19.0 Å². The number of ether oxygens (including phenoxy) is 1. The van der Waals surface area contributed by atoms with E-state index in [9.17, 15) is 4.79 Å². The molecule has 1 aromatic rings. The lowest BCUT2D eigenvalue weighted by molar-refractivity contribution is 0.0957. The van der Waals surface area contributed by atoms with Crippen LogP contribution in [0.3, 0.4) is 0 Å². The van der Waals surface area contributed by atoms with E-state index in [-0.39, 0.29) is 5.91 Å². The minimum absolute atomic E-state index is 0.169. The molecule has 0 bridgehead atoms. The summed E-state index contributed by atoms with van der Waals surface area (Å²) in [5, 5.41) is 2.71. The molecular formula is C14H21N3O2. The van der Waals surface area contributed by atoms with Gasteiger partial charge in [0.1, 0.15) is 12.4 Å². The summed E-state index contributed by atoms with van der Waals surface area (Å²) in [5.74, 6) is 0.366. The van der Waals surface area contributed by atoms with Gasteiger partial charge in [-0.3, -0.25) is 4.79 Å². The molecule has 0 unspecified atom stereocenters. The standard InChI is InChI=1S/C14H21N3O2/c1-4-7-16-14(18)11-5-6-12(15)13(10-11)19-9-8-17(2)3/h4-6,10H,1,7-9,15H2,2-3H3,(H,16,18). The predicted molar refractivity (Wildman–Crippen MR) is 77.4 cm³/mol. The number of likely N-dealkylation sites (N-methyl/N-ethyl adjacent to an activating group) is 1. The highest BCUT2D eigenvalue weighted by Crippen LogP contribution is 2.22. The van der Waals surface area contributed by atoms with Gasteiger partial charge in [0, 0.05) is 18.7 Å². The lowest BCUT2D eigenvalue weighted by atomic mass is 10.2. The number of hydrogen-bond donors (Lipinski definition) is 2. The van der Waals surface area contributed by atoms with Crippen molar-refractivity contribution < 1.29 is 9.53 Å². The van der Waals surface area contributed by atoms with Crippen molar-refractivity contribution in [1.82, 2.24) is 10.2 Å². The molecule has 0 aromatic heterocycles. The number of hydrogen-bond acceptors (Lipinski definition) is 4. The largest absolute Gasteiger partial charge is 0.490 e. The maximum Gasteiger partial charge on any atom is 0.251 e. The zero-order valence-electron chi connectivity index (χ0n) is 11.5. The molecular weight excluding hydrogens is 242 g/mol. The first-order valence-corrected chi connectivity index (χ1v) is 6.10. The van der Waals surface area contributed by atoms with Crippen LogP contribution in [0.2, 0.25) is 0 Å². The Hall–Kier alpha value is -2.01. The van der Waals surface area contributed by atoms with Crippen LogP contribution in [0.15, 0.2) is 30.9 Å². The van der Waals surface area contributed by atoms with Crippen LogP contribution in [0, 0.1) is 0 Å². The Morgan fingerprint density at radius 1 is 1.53 bits per heavy atom. The van der Waals surface area contributed by atoms with Gasteiger partial charge in [0.15, 0.2) is 0 Å². The fourth-order valence-electron chi connectivity index (χ4n) is 1.41. The third-order valence-electron chi connectivity index (χ3n) is 2.48. The average Bonchev–Trinajstić information content (AvgIpc) is 2.37. The van der Waals surface area contributed by atoms with Crippen molar-refractivity contribution in [3.63, 3.8) is 0 Å². The molecule has 104 valence electrons. The van der Waals surface area contributed by atoms with Crippen molar-refractivity contribution in [1.29, 1.82) is 0 Å². The second kappa shape index (κ2) is 7.43. The van der Waals surface area contributed by atoms with Gasteiger partial charge in [-0.05, 0) is 32.3 Å². The molecule has 3 N–H and O–H groups in total. The van der Waals surface area contributed by atoms with Crippen molar-refractivity contribution in [2.45, 2.75) is 0 Å². The second-order valence-electron chi connectivity index (χ2n) is 4.40. The average molecular weight is 263 g/mol. The number of anilines is 1. The van der Waals surface area contributed by atoms with Crippen LogP contribution in [0.4, 0.5) is 5.69 Å². The smallest absolute Gasteiger partial charge is 0.251 e. The highest BCUT2D eigenvalue weighted by molar-refractivity contribution is 5.95. The van der Waals surface area contributed by atoms with E-state index in [0.29, 0.717) is 30.2 Å². The molecule has 0 heterocycles. The van der Waals surface area contributed by atoms with E-state index in [1.54, 1.807) is 24.3 Å². The maximum atomic E-state index is 11.8. The number of benzene rings is 1. The molecule has 5 heteroatoms. The third kappa shape index (κ3) is 5.01. The van der Waals surface area contributed by atoms with E-state index < -0.39 is 0 Å². The Bertz CT molecular complexity index is 444. The third-order valence-corrected chi connectivity index (χ3v) is 2.48. The molecule has 0 aliphatic carbocycles. The summed E-state index contributed by atoms with van der Waals surface area (Å²) in [6, 6.07) is 5.00. The molecule has 0 saturated carbocycles. The van der Waals surface area contributed by atoms with Gasteiger partial charge in [0.2, 0.25) is 0 Å². The van der Waals surface area contributed by atoms with Crippen LogP contribution in [-0.2, 0) is 0 Å². The zero-order valence-corrected chi connectivity index (χ0v) is 11.5. The van der Waals surface area contributed by atoms with Crippen molar-refractivity contribution in [2.24, 2.45) is 0 Å². The van der Waals surface area contributed by atoms with E-state index in [4.69, 9.17) is 10.5 Å². The van der Waals surface area contributed by atoms with Crippen LogP contribution in [-0.4, -0.2) is 44.6 Å². The van der Waals surface area contributed by atoms with Gasteiger partial charge in [0.25, 0.3) is 5.91 Å². The summed E-state index contributed by atoms with van der Waals surface area (Å²) < 4.78 is 5.58. The summed E-state index contributed by atoms with van der Waals surface area (Å²) in [4.78, 5) is 13.8. The van der Waals surface area contributed by atoms with Gasteiger partial charge < -0.3 is 20.7 Å². The van der Waals surface area contributed by atoms with E-state index in [0.717, 1.165) is 6.54 Å². The van der Waals surface area contributed by atoms with Gasteiger partial charge in [-0.15, -0.1) is 6.58 Å². The van der Waals surface area contributed by atoms with E-state index in [2.05, 4.69) is 11.9 Å². The number of amides is 1. The molecule has 0 aliphatic heterocycles. The lowest BCUT2D eigenvalue weighted by Gasteiger charge is -2.13. The fourth-order valence-corrected chi connectivity index (χ4v) is 1.41. The first-order chi connectivity index (χ1) is 9.04. The Morgan fingerprint density at radius 3 is 2.89 bits per heavy atom. The van der Waals surface area contributed by atoms with Crippen LogP contribution in [0.5, 0.6) is 5.75 Å². The summed E-state index contributed by atoms with van der Waals surface area (Å²) >= 11 is 0. The van der Waals surface area contributed by atoms with Crippen LogP contribution in [0.25, 0.3) is 0 Å². The minimum Gasteiger partial charge on any atom is -0.490 e. The highest BCUT2D eigenvalue weighted by Gasteiger charge is 2.08. The Balaban J connectivity index is 2.70. The van der Waals surface area contributed by atoms with Crippen molar-refractivity contribution in [3.8, 4) is 5.75 Å². The van der Waals surface area contributed by atoms with Crippen molar-refractivity contribution >= 4 is 11.6 Å². The second-order valence-corrected chi connectivity index (χ2v) is 4.40. The normalized spacial score (nSPS) is 10.3. The number of nitrogen functional groups attached to an aromatic ring is 1. The SMILES string of the molecule is C=CCNC(=O)c1ccc(N)c(OCCN(C)C)c1. The first kappa shape index (κ1) is 15.0. The molecule has 0 spiro atoms. The number of nitrogens with one attached hydrogen (secondary N) is 1. The Labute approximate surface area is 114 Å². The molecule has 1 rings (SSSR count). The van der Waals surface area contributed by atoms with Crippen LogP contribution in [0.1, 0.15) is 10.4 Å². The van der Waals surface area contributed by atoms with Crippen molar-refractivity contribution in [3.05, 3.63) is 36.4 Å². The molecule has 19 heavy (non-hydrogen) atoms. The fraction of sp³-hybridized carbons (Fsp3) is 0.357. The van der Waals surface area contributed by atoms with Gasteiger partial charge in [-0.2, -0.15) is 0 Å². The maximum absolute atomic E-state index is 11.8. The highest BCUT2D eigenvalue weighted by atomic mass is 16.5. The van der Waals surface area contributed by atoms with Gasteiger partial charge >= 0.3 is 0 Å². The van der Waals surface area contributed by atoms with E-state index in [1.165, 1.54) is 0 Å². The molecule has 1 amide bonds. The molecule has 1 aromatic carbocycles. The van der Waals surface area contributed by atoms with Gasteiger partial charge in [-0.1, -0.05) is 6.08 Å². The van der Waals surface area contributed by atoms with Crippen LogP contribution >= 0.6 is 0 Å². The number of rotatable bonds is 7. The first-order valence-electron chi connectivity index (χ1n) is 6.10. The molecule has 0 saturated heterocycles. The lowest BCUT2D eigenvalue weighted by Crippen LogP contribution is -2.23. The summed E-state index contributed by atoms with van der Waals surface area (Å²) in [7, 11) is 3.93. The number of nitrogens with two attached hydrogens (primary N) is 1. The van der Waals surface area contributed by atoms with Crippen molar-refractivity contribution in [2.75, 3.05) is 39.5 Å². The monoisotopic (exact) mass is 263 g/mol. The van der Waals surface area contributed by atoms with E-state index >= 15 is 0 Å². The molecule has 0 fully saturated rings. The van der Waals surface area contributed by atoms with Gasteiger partial charge in [-0.25, -0.2) is 0 Å². The number of nitrogens with zero attached hydrogens (tertiary/aromatic N) is 1. The molecule has 0 atom stereocenters. The van der Waals surface area contributed by atoms with Gasteiger partial charge in [0.05, 0.1) is 5.69 Å². The summed E-state index contributed by atoms with van der Waals surface area (Å²) in [5.41, 5.74) is 6.87. The minimum atomic E-state index is -0.169. The number of carbonyl (C=O) groups is 1. The zero-order chi connectivity index (χ0) is 14.3. The molecule has 0 aliphatic rings. The predicted octanol–water partition coefficient (Wildman–Crippen LogP) is 1.12. The Morgan fingerprint density at radius 2 is 2.26 bits per heavy atom.